The predicted octanol–water partition coefficient (Wildman–Crippen LogP) is 3.16. The second kappa shape index (κ2) is 5.40. The largest absolute Gasteiger partial charge is 0.492 e. The predicted molar refractivity (Wildman–Crippen MR) is 71.1 cm³/mol. The molecule has 0 bridgehead atoms. The van der Waals surface area contributed by atoms with Gasteiger partial charge in [0.15, 0.2) is 0 Å². The molecule has 0 aliphatic heterocycles. The fourth-order valence-electron chi connectivity index (χ4n) is 1.56. The minimum Gasteiger partial charge on any atom is -0.492 e. The Balaban J connectivity index is 2.24. The molecule has 18 heavy (non-hydrogen) atoms. The van der Waals surface area contributed by atoms with Crippen LogP contribution in [0.3, 0.4) is 0 Å². The van der Waals surface area contributed by atoms with E-state index in [1.807, 2.05) is 32.0 Å². The molecule has 94 valence electrons. The molecule has 0 atom stereocenters. The number of aromatic nitrogens is 1. The van der Waals surface area contributed by atoms with E-state index in [9.17, 15) is 0 Å². The zero-order valence-electron chi connectivity index (χ0n) is 10.5. The summed E-state index contributed by atoms with van der Waals surface area (Å²) in [5.41, 5.74) is 7.25. The van der Waals surface area contributed by atoms with Crippen LogP contribution in [-0.4, -0.2) is 11.6 Å². The van der Waals surface area contributed by atoms with Gasteiger partial charge in [-0.25, -0.2) is 0 Å². The summed E-state index contributed by atoms with van der Waals surface area (Å²) in [6.45, 7) is 4.38. The molecule has 1 aromatic heterocycles. The first-order valence-corrected chi connectivity index (χ1v) is 5.82. The van der Waals surface area contributed by atoms with Gasteiger partial charge in [-0.1, -0.05) is 0 Å². The topological polar surface area (TPSA) is 57.4 Å². The lowest BCUT2D eigenvalue weighted by Crippen LogP contribution is -1.97. The monoisotopic (exact) mass is 244 g/mol. The van der Waals surface area contributed by atoms with Crippen LogP contribution in [0.1, 0.15) is 12.6 Å². The van der Waals surface area contributed by atoms with Gasteiger partial charge in [-0.2, -0.15) is 0 Å². The zero-order valence-corrected chi connectivity index (χ0v) is 10.5. The van der Waals surface area contributed by atoms with E-state index >= 15 is 0 Å². The molecule has 0 saturated carbocycles. The fourth-order valence-corrected chi connectivity index (χ4v) is 1.56. The summed E-state index contributed by atoms with van der Waals surface area (Å²) in [6, 6.07) is 9.07. The van der Waals surface area contributed by atoms with Gasteiger partial charge < -0.3 is 15.2 Å². The SMILES string of the molecule is CCOc1cc(Oc2cccnc2C)ccc1N. The van der Waals surface area contributed by atoms with Gasteiger partial charge in [-0.3, -0.25) is 4.98 Å². The number of hydrogen-bond acceptors (Lipinski definition) is 4. The third kappa shape index (κ3) is 2.71. The Bertz CT molecular complexity index is 541. The maximum atomic E-state index is 5.81. The van der Waals surface area contributed by atoms with Gasteiger partial charge in [0, 0.05) is 12.3 Å². The molecule has 4 nitrogen and oxygen atoms in total. The average Bonchev–Trinajstić information content (AvgIpc) is 2.36. The fraction of sp³-hybridized carbons (Fsp3) is 0.214. The molecule has 1 aromatic carbocycles. The summed E-state index contributed by atoms with van der Waals surface area (Å²) >= 11 is 0. The average molecular weight is 244 g/mol. The first-order chi connectivity index (χ1) is 8.70. The van der Waals surface area contributed by atoms with Crippen molar-refractivity contribution in [2.75, 3.05) is 12.3 Å². The van der Waals surface area contributed by atoms with Crippen LogP contribution in [-0.2, 0) is 0 Å². The van der Waals surface area contributed by atoms with E-state index in [0.29, 0.717) is 23.8 Å². The van der Waals surface area contributed by atoms with Crippen LogP contribution in [0.5, 0.6) is 17.2 Å². The number of nitrogen functional groups attached to an aromatic ring is 1. The van der Waals surface area contributed by atoms with Gasteiger partial charge in [-0.15, -0.1) is 0 Å². The summed E-state index contributed by atoms with van der Waals surface area (Å²) in [5, 5.41) is 0. The molecule has 2 rings (SSSR count). The lowest BCUT2D eigenvalue weighted by atomic mass is 10.2. The molecule has 0 aliphatic carbocycles. The standard InChI is InChI=1S/C14H16N2O2/c1-3-17-14-9-11(6-7-12(14)15)18-13-5-4-8-16-10(13)2/h4-9H,3,15H2,1-2H3. The quantitative estimate of drug-likeness (QED) is 0.839. The molecule has 0 amide bonds. The number of hydrogen-bond donors (Lipinski definition) is 1. The van der Waals surface area contributed by atoms with Crippen molar-refractivity contribution in [2.24, 2.45) is 0 Å². The Hall–Kier alpha value is -2.23. The van der Waals surface area contributed by atoms with Crippen molar-refractivity contribution in [3.8, 4) is 17.2 Å². The van der Waals surface area contributed by atoms with Crippen molar-refractivity contribution in [1.29, 1.82) is 0 Å². The summed E-state index contributed by atoms with van der Waals surface area (Å²) in [4.78, 5) is 4.17. The van der Waals surface area contributed by atoms with Crippen LogP contribution < -0.4 is 15.2 Å². The maximum Gasteiger partial charge on any atom is 0.148 e. The summed E-state index contributed by atoms with van der Waals surface area (Å²) in [6.07, 6.45) is 1.73. The third-order valence-corrected chi connectivity index (χ3v) is 2.47. The molecular weight excluding hydrogens is 228 g/mol. The Morgan fingerprint density at radius 3 is 2.78 bits per heavy atom. The Kier molecular flexibility index (Phi) is 3.67. The number of aryl methyl sites for hydroxylation is 1. The minimum atomic E-state index is 0.569. The van der Waals surface area contributed by atoms with Crippen LogP contribution in [0.15, 0.2) is 36.5 Å². The van der Waals surface area contributed by atoms with Crippen molar-refractivity contribution >= 4 is 5.69 Å². The molecule has 2 N–H and O–H groups in total. The van der Waals surface area contributed by atoms with Crippen LogP contribution in [0.4, 0.5) is 5.69 Å². The highest BCUT2D eigenvalue weighted by Crippen LogP contribution is 2.30. The zero-order chi connectivity index (χ0) is 13.0. The van der Waals surface area contributed by atoms with E-state index in [-0.39, 0.29) is 0 Å². The van der Waals surface area contributed by atoms with Crippen molar-refractivity contribution in [3.05, 3.63) is 42.2 Å². The van der Waals surface area contributed by atoms with Crippen molar-refractivity contribution < 1.29 is 9.47 Å². The molecule has 4 heteroatoms. The highest BCUT2D eigenvalue weighted by atomic mass is 16.5. The van der Waals surface area contributed by atoms with Crippen LogP contribution >= 0.6 is 0 Å². The van der Waals surface area contributed by atoms with Gasteiger partial charge >= 0.3 is 0 Å². The second-order valence-electron chi connectivity index (χ2n) is 3.82. The number of ether oxygens (including phenoxy) is 2. The molecule has 0 saturated heterocycles. The maximum absolute atomic E-state index is 5.81. The van der Waals surface area contributed by atoms with E-state index in [4.69, 9.17) is 15.2 Å². The number of anilines is 1. The molecule has 0 aliphatic rings. The molecule has 0 spiro atoms. The number of pyridine rings is 1. The highest BCUT2D eigenvalue weighted by molar-refractivity contribution is 5.56. The van der Waals surface area contributed by atoms with E-state index in [2.05, 4.69) is 4.98 Å². The number of nitrogens with zero attached hydrogens (tertiary/aromatic N) is 1. The first-order valence-electron chi connectivity index (χ1n) is 5.82. The lowest BCUT2D eigenvalue weighted by Gasteiger charge is -2.11. The van der Waals surface area contributed by atoms with Gasteiger partial charge in [-0.05, 0) is 38.1 Å². The second-order valence-corrected chi connectivity index (χ2v) is 3.82. The van der Waals surface area contributed by atoms with Crippen LogP contribution in [0.25, 0.3) is 0 Å². The number of benzene rings is 1. The van der Waals surface area contributed by atoms with E-state index in [1.165, 1.54) is 0 Å². The van der Waals surface area contributed by atoms with Gasteiger partial charge in [0.25, 0.3) is 0 Å². The Morgan fingerprint density at radius 2 is 2.06 bits per heavy atom. The Morgan fingerprint density at radius 1 is 1.22 bits per heavy atom. The molecule has 0 radical (unpaired) electrons. The minimum absolute atomic E-state index is 0.569. The van der Waals surface area contributed by atoms with Crippen molar-refractivity contribution in [3.63, 3.8) is 0 Å². The third-order valence-electron chi connectivity index (χ3n) is 2.47. The molecule has 2 aromatic rings. The molecular formula is C14H16N2O2. The summed E-state index contributed by atoms with van der Waals surface area (Å²) < 4.78 is 11.2. The number of nitrogens with two attached hydrogens (primary N) is 1. The van der Waals surface area contributed by atoms with E-state index in [1.54, 1.807) is 18.3 Å². The smallest absolute Gasteiger partial charge is 0.148 e. The molecule has 0 fully saturated rings. The Labute approximate surface area is 106 Å². The molecule has 1 heterocycles. The van der Waals surface area contributed by atoms with E-state index < -0.39 is 0 Å². The highest BCUT2D eigenvalue weighted by Gasteiger charge is 2.05. The number of rotatable bonds is 4. The summed E-state index contributed by atoms with van der Waals surface area (Å²) in [5.74, 6) is 2.05. The first kappa shape index (κ1) is 12.2. The van der Waals surface area contributed by atoms with Crippen LogP contribution in [0, 0.1) is 6.92 Å². The lowest BCUT2D eigenvalue weighted by molar-refractivity contribution is 0.340. The van der Waals surface area contributed by atoms with Crippen molar-refractivity contribution in [2.45, 2.75) is 13.8 Å². The van der Waals surface area contributed by atoms with Crippen LogP contribution in [0.2, 0.25) is 0 Å². The van der Waals surface area contributed by atoms with Gasteiger partial charge in [0.1, 0.15) is 17.2 Å². The molecule has 0 unspecified atom stereocenters. The van der Waals surface area contributed by atoms with E-state index in [0.717, 1.165) is 11.4 Å². The normalized spacial score (nSPS) is 10.1. The summed E-state index contributed by atoms with van der Waals surface area (Å²) in [7, 11) is 0. The van der Waals surface area contributed by atoms with Gasteiger partial charge in [0.05, 0.1) is 18.0 Å². The van der Waals surface area contributed by atoms with Crippen molar-refractivity contribution in [1.82, 2.24) is 4.98 Å². The van der Waals surface area contributed by atoms with Gasteiger partial charge in [0.2, 0.25) is 0 Å².